The monoisotopic (exact) mass is 299 g/mol. The number of alkyl halides is 1. The molecule has 0 amide bonds. The Morgan fingerprint density at radius 3 is 2.81 bits per heavy atom. The van der Waals surface area contributed by atoms with Gasteiger partial charge in [0.25, 0.3) is 0 Å². The number of hydrogen-bond acceptors (Lipinski definition) is 1. The van der Waals surface area contributed by atoms with Crippen LogP contribution in [-0.2, 0) is 5.88 Å². The smallest absolute Gasteiger partial charge is 0.132 e. The molecule has 1 nitrogen and oxygen atoms in total. The van der Waals surface area contributed by atoms with Crippen molar-refractivity contribution in [2.24, 2.45) is 0 Å². The van der Waals surface area contributed by atoms with Crippen LogP contribution in [0.1, 0.15) is 5.56 Å². The van der Waals surface area contributed by atoms with E-state index in [4.69, 9.17) is 11.6 Å². The lowest BCUT2D eigenvalue weighted by atomic mass is 10.1. The van der Waals surface area contributed by atoms with Gasteiger partial charge in [-0.25, -0.2) is 4.39 Å². The Balaban J connectivity index is 2.58. The molecule has 0 spiro atoms. The second-order valence-corrected chi connectivity index (χ2v) is 4.43. The molecule has 1 aromatic carbocycles. The Kier molecular flexibility index (Phi) is 3.56. The van der Waals surface area contributed by atoms with Gasteiger partial charge < -0.3 is 0 Å². The second kappa shape index (κ2) is 4.93. The molecule has 0 aliphatic carbocycles. The Morgan fingerprint density at radius 1 is 1.31 bits per heavy atom. The van der Waals surface area contributed by atoms with Crippen LogP contribution in [0.15, 0.2) is 41.1 Å². The summed E-state index contributed by atoms with van der Waals surface area (Å²) in [4.78, 5) is 4.04. The molecule has 0 bridgehead atoms. The highest BCUT2D eigenvalue weighted by Crippen LogP contribution is 2.30. The zero-order valence-corrected chi connectivity index (χ0v) is 10.6. The lowest BCUT2D eigenvalue weighted by Crippen LogP contribution is -1.89. The summed E-state index contributed by atoms with van der Waals surface area (Å²) < 4.78 is 14.4. The van der Waals surface area contributed by atoms with E-state index in [1.807, 2.05) is 6.07 Å². The van der Waals surface area contributed by atoms with Gasteiger partial charge in [-0.05, 0) is 23.8 Å². The van der Waals surface area contributed by atoms with Crippen LogP contribution in [0.4, 0.5) is 4.39 Å². The van der Waals surface area contributed by atoms with E-state index in [1.165, 1.54) is 6.07 Å². The normalized spacial score (nSPS) is 10.4. The Morgan fingerprint density at radius 2 is 2.12 bits per heavy atom. The van der Waals surface area contributed by atoms with Crippen LogP contribution in [-0.4, -0.2) is 4.98 Å². The van der Waals surface area contributed by atoms with Crippen molar-refractivity contribution in [2.75, 3.05) is 0 Å². The van der Waals surface area contributed by atoms with E-state index in [0.29, 0.717) is 15.9 Å². The lowest BCUT2D eigenvalue weighted by molar-refractivity contribution is 0.630. The SMILES string of the molecule is Fc1cccc(Br)c1-c1cncc(CCl)c1. The summed E-state index contributed by atoms with van der Waals surface area (Å²) in [5, 5.41) is 0. The lowest BCUT2D eigenvalue weighted by Gasteiger charge is -2.06. The fourth-order valence-corrected chi connectivity index (χ4v) is 2.19. The number of halogens is 3. The van der Waals surface area contributed by atoms with E-state index < -0.39 is 0 Å². The van der Waals surface area contributed by atoms with Crippen molar-refractivity contribution in [3.63, 3.8) is 0 Å². The van der Waals surface area contributed by atoms with Crippen LogP contribution in [0.2, 0.25) is 0 Å². The minimum Gasteiger partial charge on any atom is -0.264 e. The molecule has 0 aliphatic rings. The van der Waals surface area contributed by atoms with Crippen molar-refractivity contribution in [2.45, 2.75) is 5.88 Å². The van der Waals surface area contributed by atoms with Crippen molar-refractivity contribution in [1.82, 2.24) is 4.98 Å². The third kappa shape index (κ3) is 2.25. The third-order valence-electron chi connectivity index (χ3n) is 2.20. The maximum Gasteiger partial charge on any atom is 0.132 e. The first-order valence-electron chi connectivity index (χ1n) is 4.66. The predicted octanol–water partition coefficient (Wildman–Crippen LogP) is 4.39. The fraction of sp³-hybridized carbons (Fsp3) is 0.0833. The molecule has 2 aromatic rings. The molecule has 0 atom stereocenters. The molecule has 0 fully saturated rings. The summed E-state index contributed by atoms with van der Waals surface area (Å²) in [6.07, 6.45) is 3.30. The zero-order valence-electron chi connectivity index (χ0n) is 8.25. The second-order valence-electron chi connectivity index (χ2n) is 3.31. The van der Waals surface area contributed by atoms with Crippen molar-refractivity contribution in [3.05, 3.63) is 52.5 Å². The molecule has 82 valence electrons. The first kappa shape index (κ1) is 11.6. The van der Waals surface area contributed by atoms with Gasteiger partial charge in [-0.1, -0.05) is 22.0 Å². The molecule has 0 N–H and O–H groups in total. The van der Waals surface area contributed by atoms with Gasteiger partial charge in [0.15, 0.2) is 0 Å². The van der Waals surface area contributed by atoms with Gasteiger partial charge in [-0.3, -0.25) is 4.98 Å². The molecule has 1 heterocycles. The number of benzene rings is 1. The highest BCUT2D eigenvalue weighted by Gasteiger charge is 2.09. The van der Waals surface area contributed by atoms with E-state index in [0.717, 1.165) is 11.1 Å². The maximum absolute atomic E-state index is 13.7. The average molecular weight is 301 g/mol. The predicted molar refractivity (Wildman–Crippen MR) is 66.9 cm³/mol. The molecule has 0 aliphatic heterocycles. The first-order valence-corrected chi connectivity index (χ1v) is 5.99. The molecule has 0 radical (unpaired) electrons. The molecule has 1 aromatic heterocycles. The number of hydrogen-bond donors (Lipinski definition) is 0. The molecular weight excluding hydrogens is 292 g/mol. The standard InChI is InChI=1S/C12H8BrClFN/c13-10-2-1-3-11(15)12(10)9-4-8(5-14)6-16-7-9/h1-4,6-7H,5H2. The fourth-order valence-electron chi connectivity index (χ4n) is 1.47. The summed E-state index contributed by atoms with van der Waals surface area (Å²) in [5.74, 6) is 0.0929. The quantitative estimate of drug-likeness (QED) is 0.750. The van der Waals surface area contributed by atoms with E-state index in [2.05, 4.69) is 20.9 Å². The number of rotatable bonds is 2. The molecule has 16 heavy (non-hydrogen) atoms. The first-order chi connectivity index (χ1) is 7.72. The highest BCUT2D eigenvalue weighted by molar-refractivity contribution is 9.10. The van der Waals surface area contributed by atoms with E-state index >= 15 is 0 Å². The maximum atomic E-state index is 13.7. The van der Waals surface area contributed by atoms with Crippen molar-refractivity contribution < 1.29 is 4.39 Å². The molecule has 2 rings (SSSR count). The Bertz CT molecular complexity index is 496. The highest BCUT2D eigenvalue weighted by atomic mass is 79.9. The van der Waals surface area contributed by atoms with E-state index in [9.17, 15) is 4.39 Å². The van der Waals surface area contributed by atoms with Crippen LogP contribution in [0.25, 0.3) is 11.1 Å². The largest absolute Gasteiger partial charge is 0.264 e. The van der Waals surface area contributed by atoms with E-state index in [1.54, 1.807) is 24.5 Å². The number of pyridine rings is 1. The zero-order chi connectivity index (χ0) is 11.5. The Hall–Kier alpha value is -0.930. The van der Waals surface area contributed by atoms with Gasteiger partial charge in [0.05, 0.1) is 0 Å². The van der Waals surface area contributed by atoms with Crippen LogP contribution >= 0.6 is 27.5 Å². The van der Waals surface area contributed by atoms with E-state index in [-0.39, 0.29) is 5.82 Å². The van der Waals surface area contributed by atoms with Gasteiger partial charge in [0.1, 0.15) is 5.82 Å². The third-order valence-corrected chi connectivity index (χ3v) is 3.17. The van der Waals surface area contributed by atoms with Gasteiger partial charge in [-0.2, -0.15) is 0 Å². The minimum absolute atomic E-state index is 0.275. The van der Waals surface area contributed by atoms with Crippen molar-refractivity contribution in [3.8, 4) is 11.1 Å². The summed E-state index contributed by atoms with van der Waals surface area (Å²) in [6, 6.07) is 6.71. The van der Waals surface area contributed by atoms with Gasteiger partial charge in [0, 0.05) is 33.9 Å². The molecule has 0 saturated carbocycles. The number of nitrogens with zero attached hydrogens (tertiary/aromatic N) is 1. The van der Waals surface area contributed by atoms with Crippen LogP contribution < -0.4 is 0 Å². The summed E-state index contributed by atoms with van der Waals surface area (Å²) >= 11 is 9.05. The Labute approximate surface area is 106 Å². The van der Waals surface area contributed by atoms with Crippen molar-refractivity contribution in [1.29, 1.82) is 0 Å². The average Bonchev–Trinajstić information content (AvgIpc) is 2.29. The molecular formula is C12H8BrClFN. The summed E-state index contributed by atoms with van der Waals surface area (Å²) in [7, 11) is 0. The summed E-state index contributed by atoms with van der Waals surface area (Å²) in [5.41, 5.74) is 2.11. The minimum atomic E-state index is -0.275. The molecule has 0 unspecified atom stereocenters. The van der Waals surface area contributed by atoms with Crippen LogP contribution in [0, 0.1) is 5.82 Å². The summed E-state index contributed by atoms with van der Waals surface area (Å²) in [6.45, 7) is 0. The van der Waals surface area contributed by atoms with Crippen molar-refractivity contribution >= 4 is 27.5 Å². The van der Waals surface area contributed by atoms with Gasteiger partial charge in [0.2, 0.25) is 0 Å². The molecule has 4 heteroatoms. The van der Waals surface area contributed by atoms with Gasteiger partial charge >= 0.3 is 0 Å². The topological polar surface area (TPSA) is 12.9 Å². The van der Waals surface area contributed by atoms with Gasteiger partial charge in [-0.15, -0.1) is 11.6 Å². The molecule has 0 saturated heterocycles. The van der Waals surface area contributed by atoms with Crippen LogP contribution in [0.3, 0.4) is 0 Å². The van der Waals surface area contributed by atoms with Crippen LogP contribution in [0.5, 0.6) is 0 Å². The number of aromatic nitrogens is 1.